The van der Waals surface area contributed by atoms with Crippen LogP contribution >= 0.6 is 12.2 Å². The summed E-state index contributed by atoms with van der Waals surface area (Å²) >= 11 is 5.60. The Kier molecular flexibility index (Phi) is 8.38. The molecule has 9 atom stereocenters. The third-order valence-electron chi connectivity index (χ3n) is 11.0. The number of hydrogen-bond acceptors (Lipinski definition) is 13. The van der Waals surface area contributed by atoms with Crippen molar-refractivity contribution < 1.29 is 53.1 Å². The van der Waals surface area contributed by atoms with E-state index in [0.717, 1.165) is 0 Å². The van der Waals surface area contributed by atoms with Gasteiger partial charge in [0.25, 0.3) is 11.6 Å². The second-order valence-corrected chi connectivity index (χ2v) is 14.1. The molecule has 2 aromatic rings. The van der Waals surface area contributed by atoms with E-state index in [4.69, 9.17) is 35.9 Å². The molecule has 2 saturated carbocycles. The van der Waals surface area contributed by atoms with Gasteiger partial charge in [0.1, 0.15) is 30.2 Å². The van der Waals surface area contributed by atoms with Crippen LogP contribution in [0.4, 0.5) is 0 Å². The number of carbonyl (C=O) groups is 4. The van der Waals surface area contributed by atoms with E-state index in [-0.39, 0.29) is 42.2 Å². The number of imidazole rings is 1. The van der Waals surface area contributed by atoms with Crippen molar-refractivity contribution in [2.45, 2.75) is 89.2 Å². The summed E-state index contributed by atoms with van der Waals surface area (Å²) in [5, 5.41) is 24.5. The number of nitrogens with zero attached hydrogens (tertiary/aromatic N) is 2. The summed E-state index contributed by atoms with van der Waals surface area (Å²) in [5.41, 5.74) is -6.42. The molecule has 0 radical (unpaired) electrons. The lowest BCUT2D eigenvalue weighted by Crippen LogP contribution is -2.82. The van der Waals surface area contributed by atoms with Crippen molar-refractivity contribution >= 4 is 41.6 Å². The van der Waals surface area contributed by atoms with Gasteiger partial charge in [-0.25, -0.2) is 9.78 Å². The van der Waals surface area contributed by atoms with Crippen LogP contribution in [0.5, 0.6) is 0 Å². The van der Waals surface area contributed by atoms with Crippen molar-refractivity contribution in [1.82, 2.24) is 9.55 Å². The van der Waals surface area contributed by atoms with Gasteiger partial charge in [-0.15, -0.1) is 0 Å². The number of aliphatic hydroxyl groups excluding tert-OH is 1. The average molecular weight is 683 g/mol. The average Bonchev–Trinajstić information content (AvgIpc) is 3.58. The first-order valence-electron chi connectivity index (χ1n) is 15.6. The second kappa shape index (κ2) is 11.9. The summed E-state index contributed by atoms with van der Waals surface area (Å²) in [4.78, 5) is 58.3. The van der Waals surface area contributed by atoms with Gasteiger partial charge >= 0.3 is 11.9 Å². The highest BCUT2D eigenvalue weighted by molar-refractivity contribution is 7.80. The van der Waals surface area contributed by atoms with E-state index < -0.39 is 76.2 Å². The maximum Gasteiger partial charge on any atom is 0.338 e. The van der Waals surface area contributed by atoms with Crippen molar-refractivity contribution in [2.24, 2.45) is 16.7 Å². The monoisotopic (exact) mass is 682 g/mol. The molecule has 13 nitrogen and oxygen atoms in total. The Morgan fingerprint density at radius 2 is 1.88 bits per heavy atom. The maximum absolute atomic E-state index is 15.3. The molecule has 0 spiro atoms. The van der Waals surface area contributed by atoms with E-state index >= 15 is 4.79 Å². The smallest absolute Gasteiger partial charge is 0.338 e. The van der Waals surface area contributed by atoms with E-state index in [1.807, 2.05) is 0 Å². The molecule has 3 aliphatic carbocycles. The number of ketones is 1. The minimum absolute atomic E-state index is 0.0174. The van der Waals surface area contributed by atoms with Crippen LogP contribution in [0.25, 0.3) is 0 Å². The van der Waals surface area contributed by atoms with Gasteiger partial charge in [0, 0.05) is 37.6 Å². The second-order valence-electron chi connectivity index (χ2n) is 13.7. The standard InChI is InChI=1S/C34H38N2O11S/c1-18-21(39)14-34(42)28(46-29(41)20-9-7-6-8-10-20)26-32(5,27(40)25(44-17-37)24(18)31(34,3)4)22(45-30(48)36-12-11-35-16-36)13-23-33(26,15-43-23)47-19(2)38/h6-12,16-17,21-23,25-26,28,39,42H,13-15H2,1-5H3/t21-,22-,23+,25+,26-,28-,32+,33-,34+/m0/s1. The van der Waals surface area contributed by atoms with E-state index in [2.05, 4.69) is 4.98 Å². The molecule has 2 N–H and O–H groups in total. The zero-order valence-corrected chi connectivity index (χ0v) is 28.0. The van der Waals surface area contributed by atoms with Crippen LogP contribution in [0, 0.1) is 16.7 Å². The number of rotatable bonds is 6. The lowest BCUT2D eigenvalue weighted by molar-refractivity contribution is -0.344. The number of carbonyl (C=O) groups excluding carboxylic acids is 4. The van der Waals surface area contributed by atoms with Gasteiger partial charge in [-0.05, 0) is 49.3 Å². The Bertz CT molecular complexity index is 1680. The van der Waals surface area contributed by atoms with Crippen molar-refractivity contribution in [1.29, 1.82) is 0 Å². The van der Waals surface area contributed by atoms with Gasteiger partial charge in [-0.3, -0.25) is 19.0 Å². The van der Waals surface area contributed by atoms with Crippen molar-refractivity contribution in [3.8, 4) is 0 Å². The molecule has 4 aliphatic rings. The molecule has 0 unspecified atom stereocenters. The fourth-order valence-corrected chi connectivity index (χ4v) is 8.74. The van der Waals surface area contributed by atoms with Crippen LogP contribution in [0.3, 0.4) is 0 Å². The third kappa shape index (κ3) is 4.83. The number of fused-ring (bicyclic) bond motifs is 5. The minimum atomic E-state index is -2.14. The summed E-state index contributed by atoms with van der Waals surface area (Å²) in [6, 6.07) is 8.10. The van der Waals surface area contributed by atoms with Crippen LogP contribution in [-0.2, 0) is 38.1 Å². The first-order chi connectivity index (χ1) is 22.6. The molecule has 1 aromatic heterocycles. The summed E-state index contributed by atoms with van der Waals surface area (Å²) in [6.07, 6.45) is -2.48. The fourth-order valence-electron chi connectivity index (χ4n) is 8.51. The maximum atomic E-state index is 15.3. The number of benzene rings is 1. The van der Waals surface area contributed by atoms with Gasteiger partial charge < -0.3 is 33.9 Å². The van der Waals surface area contributed by atoms with Crippen molar-refractivity contribution in [2.75, 3.05) is 6.61 Å². The summed E-state index contributed by atoms with van der Waals surface area (Å²) in [7, 11) is 0. The largest absolute Gasteiger partial charge is 0.466 e. The number of esters is 2. The SMILES string of the molecule is CC(=O)O[C@@]12CO[C@@H]1C[C@H](OC(=S)n1ccnc1)[C@@]1(C)C(=O)[C@H](OC=O)C3=C(C)[C@@H](O)C[C@@](O)([C@@H](OC(=O)c4ccccc4)[C@H]21)C3(C)C. The normalized spacial score (nSPS) is 36.6. The van der Waals surface area contributed by atoms with Crippen LogP contribution in [0.2, 0.25) is 0 Å². The van der Waals surface area contributed by atoms with E-state index in [9.17, 15) is 24.6 Å². The zero-order valence-electron chi connectivity index (χ0n) is 27.2. The highest BCUT2D eigenvalue weighted by Gasteiger charge is 2.79. The highest BCUT2D eigenvalue weighted by Crippen LogP contribution is 2.64. The first kappa shape index (κ1) is 33.9. The molecule has 2 bridgehead atoms. The molecule has 48 heavy (non-hydrogen) atoms. The quantitative estimate of drug-likeness (QED) is 0.150. The Labute approximate surface area is 282 Å². The predicted octanol–water partition coefficient (Wildman–Crippen LogP) is 2.32. The Morgan fingerprint density at radius 3 is 2.46 bits per heavy atom. The van der Waals surface area contributed by atoms with E-state index in [0.29, 0.717) is 5.57 Å². The molecular formula is C34H38N2O11S. The summed E-state index contributed by atoms with van der Waals surface area (Å²) in [6.45, 7) is 7.56. The lowest BCUT2D eigenvalue weighted by atomic mass is 9.44. The van der Waals surface area contributed by atoms with E-state index in [1.165, 1.54) is 36.1 Å². The number of aliphatic hydroxyl groups is 2. The number of aromatic nitrogens is 2. The van der Waals surface area contributed by atoms with Gasteiger partial charge in [-0.2, -0.15) is 0 Å². The Balaban J connectivity index is 1.65. The summed E-state index contributed by atoms with van der Waals surface area (Å²) < 4.78 is 31.8. The van der Waals surface area contributed by atoms with Crippen LogP contribution < -0.4 is 0 Å². The Morgan fingerprint density at radius 1 is 1.17 bits per heavy atom. The van der Waals surface area contributed by atoms with E-state index in [1.54, 1.807) is 52.1 Å². The van der Waals surface area contributed by atoms with Crippen LogP contribution in [-0.4, -0.2) is 97.5 Å². The first-order valence-corrected chi connectivity index (χ1v) is 16.1. The molecular weight excluding hydrogens is 644 g/mol. The number of ether oxygens (including phenoxy) is 5. The Hall–Kier alpha value is -3.98. The molecule has 1 saturated heterocycles. The molecule has 1 aromatic carbocycles. The molecule has 3 fully saturated rings. The van der Waals surface area contributed by atoms with Crippen LogP contribution in [0.1, 0.15) is 57.8 Å². The molecule has 2 heterocycles. The molecule has 14 heteroatoms. The van der Waals surface area contributed by atoms with Crippen LogP contribution in [0.15, 0.2) is 60.2 Å². The topological polar surface area (TPSA) is 173 Å². The van der Waals surface area contributed by atoms with Gasteiger partial charge in [0.2, 0.25) is 0 Å². The van der Waals surface area contributed by atoms with Crippen molar-refractivity contribution in [3.63, 3.8) is 0 Å². The van der Waals surface area contributed by atoms with Gasteiger partial charge in [0.05, 0.1) is 29.6 Å². The molecule has 6 rings (SSSR count). The van der Waals surface area contributed by atoms with Crippen molar-refractivity contribution in [3.05, 3.63) is 65.8 Å². The molecule has 1 aliphatic heterocycles. The number of thiocarbonyl (C=S) groups is 1. The molecule has 0 amide bonds. The minimum Gasteiger partial charge on any atom is -0.466 e. The number of Topliss-reactive ketones (excluding diaryl/α,β-unsaturated/α-hetero) is 1. The molecule has 256 valence electrons. The van der Waals surface area contributed by atoms with Gasteiger partial charge in [-0.1, -0.05) is 32.0 Å². The predicted molar refractivity (Wildman–Crippen MR) is 169 cm³/mol. The zero-order chi connectivity index (χ0) is 34.8. The fraction of sp³-hybridized carbons (Fsp3) is 0.529. The highest BCUT2D eigenvalue weighted by atomic mass is 32.1. The lowest BCUT2D eigenvalue weighted by Gasteiger charge is -2.67. The van der Waals surface area contributed by atoms with Gasteiger partial charge in [0.15, 0.2) is 17.5 Å². The third-order valence-corrected chi connectivity index (χ3v) is 11.3. The summed E-state index contributed by atoms with van der Waals surface area (Å²) in [5.74, 6) is -3.58. The number of hydrogen-bond donors (Lipinski definition) is 2.